The van der Waals surface area contributed by atoms with E-state index in [-0.39, 0.29) is 0 Å². The van der Waals surface area contributed by atoms with E-state index in [0.717, 1.165) is 4.47 Å². The quantitative estimate of drug-likeness (QED) is 0.386. The minimum atomic E-state index is -0.994. The first kappa shape index (κ1) is 18.7. The maximum absolute atomic E-state index is 3.43. The third kappa shape index (κ3) is 5.71. The van der Waals surface area contributed by atoms with Crippen LogP contribution in [0, 0.1) is 13.8 Å². The van der Waals surface area contributed by atoms with Crippen molar-refractivity contribution in [3.8, 4) is 10.4 Å². The molecule has 0 spiro atoms. The van der Waals surface area contributed by atoms with Crippen LogP contribution in [0.2, 0.25) is 19.6 Å². The average Bonchev–Trinajstić information content (AvgIpc) is 3.09. The fourth-order valence-corrected chi connectivity index (χ4v) is 6.09. The molecule has 0 fully saturated rings. The zero-order chi connectivity index (χ0) is 17.0. The van der Waals surface area contributed by atoms with Gasteiger partial charge in [-0.25, -0.2) is 0 Å². The summed E-state index contributed by atoms with van der Waals surface area (Å²) < 4.78 is 2.74. The summed E-state index contributed by atoms with van der Waals surface area (Å²) in [4.78, 5) is 4.14. The smallest absolute Gasteiger partial charge is 0.0904 e. The van der Waals surface area contributed by atoms with E-state index in [2.05, 4.69) is 97.9 Å². The fraction of sp³-hybridized carbons (Fsp3) is 0.263. The van der Waals surface area contributed by atoms with Gasteiger partial charge in [-0.3, -0.25) is 0 Å². The fourth-order valence-electron chi connectivity index (χ4n) is 2.04. The van der Waals surface area contributed by atoms with E-state index >= 15 is 0 Å². The van der Waals surface area contributed by atoms with Gasteiger partial charge in [-0.05, 0) is 54.2 Å². The van der Waals surface area contributed by atoms with Crippen molar-refractivity contribution >= 4 is 51.2 Å². The second-order valence-electron chi connectivity index (χ2n) is 6.58. The van der Waals surface area contributed by atoms with Crippen molar-refractivity contribution in [1.29, 1.82) is 0 Å². The Labute approximate surface area is 157 Å². The van der Waals surface area contributed by atoms with Gasteiger partial charge in [-0.15, -0.1) is 11.3 Å². The van der Waals surface area contributed by atoms with Gasteiger partial charge in [0, 0.05) is 19.1 Å². The molecule has 23 heavy (non-hydrogen) atoms. The lowest BCUT2D eigenvalue weighted by Gasteiger charge is -2.11. The van der Waals surface area contributed by atoms with Crippen LogP contribution in [-0.4, -0.2) is 8.07 Å². The van der Waals surface area contributed by atoms with Gasteiger partial charge in [-0.1, -0.05) is 53.8 Å². The topological polar surface area (TPSA) is 0 Å². The Morgan fingerprint density at radius 3 is 1.70 bits per heavy atom. The molecule has 0 N–H and O–H groups in total. The second-order valence-corrected chi connectivity index (χ2v) is 15.5. The predicted molar refractivity (Wildman–Crippen MR) is 114 cm³/mol. The van der Waals surface area contributed by atoms with Crippen LogP contribution in [0.25, 0.3) is 10.4 Å². The SMILES string of the molecule is Cc1ccc(-c2ccc(Br)cc2)s1.Cc1ccc([Si](C)(C)C)s1. The van der Waals surface area contributed by atoms with Crippen LogP contribution in [0.5, 0.6) is 0 Å². The minimum Gasteiger partial charge on any atom is -0.150 e. The number of thiophene rings is 2. The van der Waals surface area contributed by atoms with E-state index in [1.54, 1.807) is 4.50 Å². The predicted octanol–water partition coefficient (Wildman–Crippen LogP) is 7.09. The maximum Gasteiger partial charge on any atom is 0.0904 e. The zero-order valence-electron chi connectivity index (χ0n) is 14.3. The molecule has 0 aliphatic heterocycles. The Morgan fingerprint density at radius 1 is 0.739 bits per heavy atom. The summed E-state index contributed by atoms with van der Waals surface area (Å²) >= 11 is 7.21. The number of hydrogen-bond acceptors (Lipinski definition) is 2. The number of benzene rings is 1. The summed E-state index contributed by atoms with van der Waals surface area (Å²) in [7, 11) is -0.994. The third-order valence-corrected chi connectivity index (χ3v) is 9.53. The monoisotopic (exact) mass is 422 g/mol. The van der Waals surface area contributed by atoms with Crippen molar-refractivity contribution in [3.05, 3.63) is 62.8 Å². The summed E-state index contributed by atoms with van der Waals surface area (Å²) in [5.41, 5.74) is 1.29. The molecule has 0 radical (unpaired) electrons. The maximum atomic E-state index is 3.43. The first-order chi connectivity index (χ1) is 10.8. The zero-order valence-corrected chi connectivity index (χ0v) is 18.5. The molecule has 2 aromatic heterocycles. The molecule has 0 aliphatic rings. The first-order valence-corrected chi connectivity index (χ1v) is 13.6. The van der Waals surface area contributed by atoms with E-state index < -0.39 is 8.07 Å². The highest BCUT2D eigenvalue weighted by atomic mass is 79.9. The van der Waals surface area contributed by atoms with Crippen molar-refractivity contribution in [3.63, 3.8) is 0 Å². The molecule has 3 aromatic rings. The van der Waals surface area contributed by atoms with Gasteiger partial charge < -0.3 is 0 Å². The third-order valence-electron chi connectivity index (χ3n) is 3.35. The summed E-state index contributed by atoms with van der Waals surface area (Å²) in [5.74, 6) is 0. The van der Waals surface area contributed by atoms with E-state index in [9.17, 15) is 0 Å². The number of aryl methyl sites for hydroxylation is 2. The molecular formula is C19H23BrS2Si. The molecule has 0 amide bonds. The van der Waals surface area contributed by atoms with E-state index in [0.29, 0.717) is 0 Å². The van der Waals surface area contributed by atoms with Gasteiger partial charge in [0.05, 0.1) is 8.07 Å². The number of halogens is 1. The standard InChI is InChI=1S/C11H9BrS.C8H14SSi/c1-8-2-7-11(13-8)9-3-5-10(12)6-4-9;1-7-5-6-8(9-7)10(2,3)4/h2-7H,1H3;5-6H,1-4H3. The summed E-state index contributed by atoms with van der Waals surface area (Å²) in [6.07, 6.45) is 0. The van der Waals surface area contributed by atoms with Crippen LogP contribution in [0.4, 0.5) is 0 Å². The van der Waals surface area contributed by atoms with Crippen LogP contribution in [-0.2, 0) is 0 Å². The Kier molecular flexibility index (Phi) is 6.43. The summed E-state index contributed by atoms with van der Waals surface area (Å²) in [6.45, 7) is 11.5. The normalized spacial score (nSPS) is 11.0. The van der Waals surface area contributed by atoms with Gasteiger partial charge in [0.25, 0.3) is 0 Å². The Balaban J connectivity index is 0.000000174. The second kappa shape index (κ2) is 7.93. The molecule has 1 aromatic carbocycles. The molecule has 122 valence electrons. The molecule has 0 bridgehead atoms. The van der Waals surface area contributed by atoms with Gasteiger partial charge in [-0.2, -0.15) is 11.3 Å². The lowest BCUT2D eigenvalue weighted by atomic mass is 10.2. The molecule has 0 saturated carbocycles. The van der Waals surface area contributed by atoms with E-state index in [4.69, 9.17) is 0 Å². The molecule has 0 unspecified atom stereocenters. The molecule has 0 saturated heterocycles. The van der Waals surface area contributed by atoms with Gasteiger partial charge in [0.2, 0.25) is 0 Å². The number of hydrogen-bond donors (Lipinski definition) is 0. The van der Waals surface area contributed by atoms with Crippen molar-refractivity contribution in [2.24, 2.45) is 0 Å². The van der Waals surface area contributed by atoms with Crippen molar-refractivity contribution < 1.29 is 0 Å². The Morgan fingerprint density at radius 2 is 1.30 bits per heavy atom. The lowest BCUT2D eigenvalue weighted by Crippen LogP contribution is -2.34. The molecule has 0 atom stereocenters. The van der Waals surface area contributed by atoms with Crippen LogP contribution < -0.4 is 4.50 Å². The average molecular weight is 424 g/mol. The largest absolute Gasteiger partial charge is 0.150 e. The van der Waals surface area contributed by atoms with Crippen molar-refractivity contribution in [2.45, 2.75) is 33.5 Å². The van der Waals surface area contributed by atoms with Crippen LogP contribution >= 0.6 is 38.6 Å². The molecule has 3 rings (SSSR count). The van der Waals surface area contributed by atoms with Crippen LogP contribution in [0.1, 0.15) is 9.75 Å². The van der Waals surface area contributed by atoms with Gasteiger partial charge >= 0.3 is 0 Å². The minimum absolute atomic E-state index is 0.994. The van der Waals surface area contributed by atoms with E-state index in [1.807, 2.05) is 22.7 Å². The van der Waals surface area contributed by atoms with E-state index in [1.165, 1.54) is 20.2 Å². The highest BCUT2D eigenvalue weighted by Gasteiger charge is 2.17. The number of rotatable bonds is 2. The summed E-state index contributed by atoms with van der Waals surface area (Å²) in [6, 6.07) is 17.2. The van der Waals surface area contributed by atoms with Crippen molar-refractivity contribution in [2.75, 3.05) is 0 Å². The highest BCUT2D eigenvalue weighted by molar-refractivity contribution is 9.10. The first-order valence-electron chi connectivity index (χ1n) is 7.65. The molecule has 2 heterocycles. The molecule has 4 heteroatoms. The van der Waals surface area contributed by atoms with Gasteiger partial charge in [0.15, 0.2) is 0 Å². The van der Waals surface area contributed by atoms with Crippen LogP contribution in [0.15, 0.2) is 53.0 Å². The van der Waals surface area contributed by atoms with Crippen LogP contribution in [0.3, 0.4) is 0 Å². The molecular weight excluding hydrogens is 400 g/mol. The van der Waals surface area contributed by atoms with Crippen molar-refractivity contribution in [1.82, 2.24) is 0 Å². The molecule has 0 nitrogen and oxygen atoms in total. The molecule has 0 aliphatic carbocycles. The Hall–Kier alpha value is -0.683. The lowest BCUT2D eigenvalue weighted by molar-refractivity contribution is 1.63. The van der Waals surface area contributed by atoms with Gasteiger partial charge in [0.1, 0.15) is 0 Å². The Bertz CT molecular complexity index is 748. The summed E-state index contributed by atoms with van der Waals surface area (Å²) in [5, 5.41) is 0. The highest BCUT2D eigenvalue weighted by Crippen LogP contribution is 2.28.